The fourth-order valence-corrected chi connectivity index (χ4v) is 6.79. The van der Waals surface area contributed by atoms with Gasteiger partial charge in [0.1, 0.15) is 0 Å². The van der Waals surface area contributed by atoms with Crippen molar-refractivity contribution in [2.75, 3.05) is 7.11 Å². The maximum absolute atomic E-state index is 13.3. The van der Waals surface area contributed by atoms with E-state index in [0.29, 0.717) is 0 Å². The number of fused-ring (bicyclic) bond motifs is 4. The molecule has 34 heavy (non-hydrogen) atoms. The summed E-state index contributed by atoms with van der Waals surface area (Å²) >= 11 is 0. The summed E-state index contributed by atoms with van der Waals surface area (Å²) in [6, 6.07) is 19.3. The first-order valence-corrected chi connectivity index (χ1v) is 11.9. The van der Waals surface area contributed by atoms with E-state index in [4.69, 9.17) is 9.47 Å². The average Bonchev–Trinajstić information content (AvgIpc) is 3.37. The van der Waals surface area contributed by atoms with Crippen LogP contribution in [0, 0.1) is 33.6 Å². The molecule has 0 aromatic heterocycles. The molecule has 0 amide bonds. The van der Waals surface area contributed by atoms with Crippen molar-refractivity contribution >= 4 is 11.9 Å². The summed E-state index contributed by atoms with van der Waals surface area (Å²) in [5.41, 5.74) is 9.52. The zero-order valence-corrected chi connectivity index (χ0v) is 20.1. The van der Waals surface area contributed by atoms with Crippen LogP contribution in [0.3, 0.4) is 0 Å². The highest BCUT2D eigenvalue weighted by Crippen LogP contribution is 2.72. The molecule has 5 atom stereocenters. The predicted molar refractivity (Wildman–Crippen MR) is 129 cm³/mol. The van der Waals surface area contributed by atoms with Crippen LogP contribution < -0.4 is 0 Å². The average molecular weight is 453 g/mol. The lowest BCUT2D eigenvalue weighted by atomic mass is 9.74. The van der Waals surface area contributed by atoms with E-state index in [9.17, 15) is 9.59 Å². The first-order valence-electron chi connectivity index (χ1n) is 11.9. The summed E-state index contributed by atoms with van der Waals surface area (Å²) in [6.07, 6.45) is 0. The van der Waals surface area contributed by atoms with Crippen molar-refractivity contribution in [1.29, 1.82) is 0 Å². The van der Waals surface area contributed by atoms with Crippen molar-refractivity contribution in [2.24, 2.45) is 5.92 Å². The van der Waals surface area contributed by atoms with Gasteiger partial charge in [0.05, 0.1) is 13.0 Å². The number of carbonyl (C=O) groups is 2. The second kappa shape index (κ2) is 7.05. The summed E-state index contributed by atoms with van der Waals surface area (Å²) in [5, 5.41) is 0. The van der Waals surface area contributed by atoms with E-state index in [-0.39, 0.29) is 11.8 Å². The third-order valence-corrected chi connectivity index (χ3v) is 8.55. The van der Waals surface area contributed by atoms with Crippen LogP contribution in [0.4, 0.5) is 0 Å². The maximum atomic E-state index is 13.3. The molecule has 2 aliphatic carbocycles. The first kappa shape index (κ1) is 21.2. The molecule has 1 aliphatic heterocycles. The summed E-state index contributed by atoms with van der Waals surface area (Å²) in [6.45, 7) is 8.45. The normalized spacial score (nSPS) is 28.1. The van der Waals surface area contributed by atoms with Crippen LogP contribution in [0.15, 0.2) is 54.6 Å². The van der Waals surface area contributed by atoms with Crippen molar-refractivity contribution in [3.8, 4) is 0 Å². The van der Waals surface area contributed by atoms with Gasteiger partial charge in [0.2, 0.25) is 0 Å². The van der Waals surface area contributed by atoms with E-state index >= 15 is 0 Å². The third kappa shape index (κ3) is 2.49. The van der Waals surface area contributed by atoms with Crippen molar-refractivity contribution in [3.63, 3.8) is 0 Å². The molecule has 3 aromatic rings. The number of benzene rings is 3. The number of hydrogen-bond acceptors (Lipinski definition) is 4. The quantitative estimate of drug-likeness (QED) is 0.381. The first-order chi connectivity index (χ1) is 16.3. The highest BCUT2D eigenvalue weighted by atomic mass is 16.6. The number of hydrogen-bond donors (Lipinski definition) is 0. The Morgan fingerprint density at radius 3 is 2.15 bits per heavy atom. The minimum Gasteiger partial charge on any atom is -0.468 e. The Bertz CT molecular complexity index is 1390. The molecule has 4 nitrogen and oxygen atoms in total. The Morgan fingerprint density at radius 1 is 0.824 bits per heavy atom. The number of ether oxygens (including phenoxy) is 2. The Hall–Kier alpha value is -3.40. The monoisotopic (exact) mass is 452 g/mol. The molecule has 1 spiro atoms. The summed E-state index contributed by atoms with van der Waals surface area (Å²) < 4.78 is 11.5. The highest BCUT2D eigenvalue weighted by molar-refractivity contribution is 5.99. The van der Waals surface area contributed by atoms with E-state index in [1.807, 2.05) is 6.07 Å². The Morgan fingerprint density at radius 2 is 1.47 bits per heavy atom. The second-order valence-corrected chi connectivity index (χ2v) is 10.1. The fourth-order valence-electron chi connectivity index (χ4n) is 6.79. The van der Waals surface area contributed by atoms with Crippen LogP contribution in [0.2, 0.25) is 0 Å². The van der Waals surface area contributed by atoms with Crippen molar-refractivity contribution in [2.45, 2.75) is 51.0 Å². The zero-order valence-electron chi connectivity index (χ0n) is 20.1. The molecular formula is C30H28O4. The Balaban J connectivity index is 1.69. The van der Waals surface area contributed by atoms with Gasteiger partial charge in [-0.1, -0.05) is 54.6 Å². The molecular weight excluding hydrogens is 424 g/mol. The molecule has 6 rings (SSSR count). The van der Waals surface area contributed by atoms with Gasteiger partial charge in [0.25, 0.3) is 0 Å². The van der Waals surface area contributed by atoms with Crippen LogP contribution in [-0.4, -0.2) is 19.0 Å². The molecule has 1 saturated heterocycles. The van der Waals surface area contributed by atoms with Crippen molar-refractivity contribution in [1.82, 2.24) is 0 Å². The highest BCUT2D eigenvalue weighted by Gasteiger charge is 2.72. The van der Waals surface area contributed by atoms with E-state index in [2.05, 4.69) is 76.2 Å². The molecule has 0 N–H and O–H groups in total. The molecule has 0 bridgehead atoms. The summed E-state index contributed by atoms with van der Waals surface area (Å²) in [4.78, 5) is 26.3. The number of aryl methyl sites for hydroxylation is 4. The Kier molecular flexibility index (Phi) is 4.39. The zero-order chi connectivity index (χ0) is 23.9. The van der Waals surface area contributed by atoms with Gasteiger partial charge < -0.3 is 9.47 Å². The second-order valence-electron chi connectivity index (χ2n) is 10.1. The largest absolute Gasteiger partial charge is 0.468 e. The lowest BCUT2D eigenvalue weighted by Gasteiger charge is -2.31. The van der Waals surface area contributed by atoms with Gasteiger partial charge in [-0.15, -0.1) is 0 Å². The molecule has 4 heteroatoms. The number of carbonyl (C=O) groups excluding carboxylic acids is 2. The van der Waals surface area contributed by atoms with Crippen LogP contribution in [-0.2, 0) is 24.7 Å². The molecule has 3 aromatic carbocycles. The van der Waals surface area contributed by atoms with Crippen molar-refractivity contribution < 1.29 is 19.1 Å². The molecule has 0 saturated carbocycles. The molecule has 1 fully saturated rings. The van der Waals surface area contributed by atoms with Gasteiger partial charge in [-0.25, -0.2) is 0 Å². The number of methoxy groups -OCH3 is 1. The van der Waals surface area contributed by atoms with E-state index in [1.165, 1.54) is 40.5 Å². The topological polar surface area (TPSA) is 52.6 Å². The predicted octanol–water partition coefficient (Wildman–Crippen LogP) is 5.49. The molecule has 172 valence electrons. The van der Waals surface area contributed by atoms with E-state index in [0.717, 1.165) is 16.7 Å². The number of esters is 2. The van der Waals surface area contributed by atoms with Crippen LogP contribution in [0.1, 0.15) is 67.8 Å². The maximum Gasteiger partial charge on any atom is 0.322 e. The van der Waals surface area contributed by atoms with E-state index < -0.39 is 29.4 Å². The van der Waals surface area contributed by atoms with Gasteiger partial charge in [-0.05, 0) is 72.2 Å². The molecule has 1 unspecified atom stereocenters. The van der Waals surface area contributed by atoms with Crippen LogP contribution in [0.5, 0.6) is 0 Å². The standard InChI is InChI=1S/C30H28O4/c1-15-10-11-19(12-16(15)2)24-20-8-6-7-9-23(20)30-26(24)21-13-17(3)18(4)14-22(21)27(30)25(28(31)33-5)29(32)34-30/h6-14,24-27H,1-5H3/t24-,25-,26+,27+,30?/m0/s1. The summed E-state index contributed by atoms with van der Waals surface area (Å²) in [7, 11) is 1.34. The Labute approximate surface area is 199 Å². The lowest BCUT2D eigenvalue weighted by Crippen LogP contribution is -2.32. The van der Waals surface area contributed by atoms with Gasteiger partial charge in [-0.2, -0.15) is 0 Å². The minimum absolute atomic E-state index is 0.0190. The van der Waals surface area contributed by atoms with Gasteiger partial charge >= 0.3 is 11.9 Å². The van der Waals surface area contributed by atoms with E-state index in [1.54, 1.807) is 0 Å². The molecule has 3 aliphatic rings. The minimum atomic E-state index is -0.970. The SMILES string of the molecule is COC(=O)[C@H]1C(=O)OC23c4ccccc4[C@H](c4ccc(C)c(C)c4)[C@H]2c2cc(C)c(C)cc2[C@H]13. The summed E-state index contributed by atoms with van der Waals surface area (Å²) in [5.74, 6) is -2.48. The van der Waals surface area contributed by atoms with Crippen LogP contribution in [0.25, 0.3) is 0 Å². The van der Waals surface area contributed by atoms with Gasteiger partial charge in [0.15, 0.2) is 11.5 Å². The van der Waals surface area contributed by atoms with Crippen LogP contribution >= 0.6 is 0 Å². The fraction of sp³-hybridized carbons (Fsp3) is 0.333. The molecule has 1 heterocycles. The molecule has 0 radical (unpaired) electrons. The lowest BCUT2D eigenvalue weighted by molar-refractivity contribution is -0.158. The smallest absolute Gasteiger partial charge is 0.322 e. The number of rotatable bonds is 2. The van der Waals surface area contributed by atoms with Gasteiger partial charge in [-0.3, -0.25) is 9.59 Å². The van der Waals surface area contributed by atoms with Crippen molar-refractivity contribution in [3.05, 3.63) is 105 Å². The van der Waals surface area contributed by atoms with Gasteiger partial charge in [0, 0.05) is 17.4 Å². The third-order valence-electron chi connectivity index (χ3n) is 8.55.